The molecule has 1 aromatic rings. The molecule has 1 saturated carbocycles. The van der Waals surface area contributed by atoms with Crippen LogP contribution in [0.4, 0.5) is 5.82 Å². The Hall–Kier alpha value is -1.03. The number of alkyl halides is 1. The minimum atomic E-state index is 0.619. The summed E-state index contributed by atoms with van der Waals surface area (Å²) in [6.45, 7) is 5.50. The van der Waals surface area contributed by atoms with Gasteiger partial charge in [-0.2, -0.15) is 0 Å². The second kappa shape index (κ2) is 7.67. The number of ether oxygens (including phenoxy) is 1. The van der Waals surface area contributed by atoms with Crippen molar-refractivity contribution >= 4 is 17.4 Å². The monoisotopic (exact) mass is 297 g/mol. The van der Waals surface area contributed by atoms with Crippen molar-refractivity contribution in [2.75, 3.05) is 24.3 Å². The maximum atomic E-state index is 6.08. The number of aromatic nitrogens is 2. The highest BCUT2D eigenvalue weighted by atomic mass is 35.5. The normalized spacial score (nSPS) is 22.6. The molecule has 0 amide bonds. The van der Waals surface area contributed by atoms with E-state index in [9.17, 15) is 0 Å². The van der Waals surface area contributed by atoms with Gasteiger partial charge in [0.15, 0.2) is 0 Å². The van der Waals surface area contributed by atoms with Crippen molar-refractivity contribution in [3.8, 4) is 5.88 Å². The van der Waals surface area contributed by atoms with Crippen molar-refractivity contribution in [3.05, 3.63) is 11.9 Å². The van der Waals surface area contributed by atoms with Crippen LogP contribution >= 0.6 is 11.6 Å². The topological polar surface area (TPSA) is 47.0 Å². The van der Waals surface area contributed by atoms with Gasteiger partial charge >= 0.3 is 0 Å². The van der Waals surface area contributed by atoms with Gasteiger partial charge in [0.1, 0.15) is 12.1 Å². The summed E-state index contributed by atoms with van der Waals surface area (Å²) in [6, 6.07) is 0. The van der Waals surface area contributed by atoms with Crippen LogP contribution in [0.15, 0.2) is 6.33 Å². The molecule has 2 rings (SSSR count). The first kappa shape index (κ1) is 15.4. The molecule has 1 aromatic heterocycles. The zero-order valence-corrected chi connectivity index (χ0v) is 13.1. The standard InChI is InChI=1S/C15H24ClN3O/c1-3-20-15-11(2)14(18-10-19-15)17-9-13-7-5-4-6-12(13)8-16/h10,12-13H,3-9H2,1-2H3,(H,17,18,19). The quantitative estimate of drug-likeness (QED) is 0.814. The van der Waals surface area contributed by atoms with E-state index >= 15 is 0 Å². The van der Waals surface area contributed by atoms with Gasteiger partial charge < -0.3 is 10.1 Å². The lowest BCUT2D eigenvalue weighted by molar-refractivity contribution is 0.271. The second-order valence-electron chi connectivity index (χ2n) is 5.43. The first-order valence-electron chi connectivity index (χ1n) is 7.50. The smallest absolute Gasteiger partial charge is 0.221 e. The van der Waals surface area contributed by atoms with Crippen LogP contribution in [0.2, 0.25) is 0 Å². The Balaban J connectivity index is 1.97. The summed E-state index contributed by atoms with van der Waals surface area (Å²) >= 11 is 6.08. The fourth-order valence-corrected chi connectivity index (χ4v) is 3.28. The van der Waals surface area contributed by atoms with E-state index in [0.717, 1.165) is 23.8 Å². The van der Waals surface area contributed by atoms with E-state index in [2.05, 4.69) is 15.3 Å². The molecular formula is C15H24ClN3O. The predicted molar refractivity (Wildman–Crippen MR) is 82.6 cm³/mol. The molecule has 1 fully saturated rings. The van der Waals surface area contributed by atoms with Crippen molar-refractivity contribution in [1.29, 1.82) is 0 Å². The Morgan fingerprint density at radius 1 is 1.30 bits per heavy atom. The van der Waals surface area contributed by atoms with Crippen LogP contribution in [0, 0.1) is 18.8 Å². The van der Waals surface area contributed by atoms with Crippen LogP contribution in [0.5, 0.6) is 5.88 Å². The second-order valence-corrected chi connectivity index (χ2v) is 5.73. The van der Waals surface area contributed by atoms with Crippen LogP contribution in [-0.4, -0.2) is 29.0 Å². The number of nitrogens with one attached hydrogen (secondary N) is 1. The van der Waals surface area contributed by atoms with Gasteiger partial charge in [0, 0.05) is 12.4 Å². The molecule has 0 saturated heterocycles. The lowest BCUT2D eigenvalue weighted by atomic mass is 9.80. The first-order chi connectivity index (χ1) is 9.76. The number of hydrogen-bond acceptors (Lipinski definition) is 4. The van der Waals surface area contributed by atoms with Gasteiger partial charge in [-0.1, -0.05) is 12.8 Å². The Morgan fingerprint density at radius 2 is 2.05 bits per heavy atom. The van der Waals surface area contributed by atoms with Crippen LogP contribution in [0.3, 0.4) is 0 Å². The summed E-state index contributed by atoms with van der Waals surface area (Å²) < 4.78 is 5.50. The van der Waals surface area contributed by atoms with Gasteiger partial charge in [-0.05, 0) is 38.5 Å². The van der Waals surface area contributed by atoms with Crippen molar-refractivity contribution < 1.29 is 4.74 Å². The molecule has 112 valence electrons. The molecule has 4 nitrogen and oxygen atoms in total. The van der Waals surface area contributed by atoms with E-state index in [4.69, 9.17) is 16.3 Å². The Kier molecular flexibility index (Phi) is 5.89. The van der Waals surface area contributed by atoms with Crippen molar-refractivity contribution in [1.82, 2.24) is 9.97 Å². The zero-order chi connectivity index (χ0) is 14.4. The van der Waals surface area contributed by atoms with E-state index in [1.807, 2.05) is 13.8 Å². The van der Waals surface area contributed by atoms with Crippen LogP contribution in [0.1, 0.15) is 38.2 Å². The molecule has 0 aliphatic heterocycles. The van der Waals surface area contributed by atoms with E-state index in [-0.39, 0.29) is 0 Å². The van der Waals surface area contributed by atoms with Gasteiger partial charge in [-0.15, -0.1) is 11.6 Å². The minimum Gasteiger partial charge on any atom is -0.478 e. The SMILES string of the molecule is CCOc1ncnc(NCC2CCCCC2CCl)c1C. The van der Waals surface area contributed by atoms with Gasteiger partial charge in [-0.25, -0.2) is 9.97 Å². The van der Waals surface area contributed by atoms with E-state index < -0.39 is 0 Å². The predicted octanol–water partition coefficient (Wildman–Crippen LogP) is 3.64. The molecule has 0 spiro atoms. The molecule has 1 N–H and O–H groups in total. The third-order valence-electron chi connectivity index (χ3n) is 4.12. The lowest BCUT2D eigenvalue weighted by Gasteiger charge is -2.30. The maximum Gasteiger partial charge on any atom is 0.221 e. The number of nitrogens with zero attached hydrogens (tertiary/aromatic N) is 2. The summed E-state index contributed by atoms with van der Waals surface area (Å²) in [6.07, 6.45) is 6.69. The van der Waals surface area contributed by atoms with Gasteiger partial charge in [0.25, 0.3) is 0 Å². The van der Waals surface area contributed by atoms with E-state index in [0.29, 0.717) is 24.3 Å². The molecule has 0 bridgehead atoms. The molecule has 1 aliphatic rings. The van der Waals surface area contributed by atoms with Crippen LogP contribution in [-0.2, 0) is 0 Å². The Morgan fingerprint density at radius 3 is 2.75 bits per heavy atom. The van der Waals surface area contributed by atoms with Crippen molar-refractivity contribution in [3.63, 3.8) is 0 Å². The van der Waals surface area contributed by atoms with Crippen molar-refractivity contribution in [2.24, 2.45) is 11.8 Å². The highest BCUT2D eigenvalue weighted by molar-refractivity contribution is 6.18. The van der Waals surface area contributed by atoms with E-state index in [1.54, 1.807) is 6.33 Å². The number of hydrogen-bond donors (Lipinski definition) is 1. The fraction of sp³-hybridized carbons (Fsp3) is 0.733. The van der Waals surface area contributed by atoms with Gasteiger partial charge in [0.2, 0.25) is 5.88 Å². The number of halogens is 1. The molecule has 2 unspecified atom stereocenters. The Labute approximate surface area is 126 Å². The average Bonchev–Trinajstić information content (AvgIpc) is 2.48. The van der Waals surface area contributed by atoms with Crippen LogP contribution in [0.25, 0.3) is 0 Å². The maximum absolute atomic E-state index is 6.08. The number of rotatable bonds is 6. The van der Waals surface area contributed by atoms with E-state index in [1.165, 1.54) is 25.7 Å². The van der Waals surface area contributed by atoms with Crippen LogP contribution < -0.4 is 10.1 Å². The highest BCUT2D eigenvalue weighted by Gasteiger charge is 2.24. The zero-order valence-electron chi connectivity index (χ0n) is 12.4. The summed E-state index contributed by atoms with van der Waals surface area (Å²) in [5.74, 6) is 3.58. The third-order valence-corrected chi connectivity index (χ3v) is 4.51. The third kappa shape index (κ3) is 3.75. The molecule has 20 heavy (non-hydrogen) atoms. The molecular weight excluding hydrogens is 274 g/mol. The Bertz CT molecular complexity index is 428. The molecule has 0 aromatic carbocycles. The molecule has 5 heteroatoms. The van der Waals surface area contributed by atoms with Crippen molar-refractivity contribution in [2.45, 2.75) is 39.5 Å². The molecule has 2 atom stereocenters. The highest BCUT2D eigenvalue weighted by Crippen LogP contribution is 2.31. The van der Waals surface area contributed by atoms with Gasteiger partial charge in [-0.3, -0.25) is 0 Å². The minimum absolute atomic E-state index is 0.619. The summed E-state index contributed by atoms with van der Waals surface area (Å²) in [4.78, 5) is 8.48. The molecule has 1 heterocycles. The lowest BCUT2D eigenvalue weighted by Crippen LogP contribution is -2.27. The average molecular weight is 298 g/mol. The summed E-state index contributed by atoms with van der Waals surface area (Å²) in [5, 5.41) is 3.46. The number of anilines is 1. The van der Waals surface area contributed by atoms with Gasteiger partial charge in [0.05, 0.1) is 12.2 Å². The first-order valence-corrected chi connectivity index (χ1v) is 8.04. The fourth-order valence-electron chi connectivity index (χ4n) is 2.88. The largest absolute Gasteiger partial charge is 0.478 e. The molecule has 0 radical (unpaired) electrons. The molecule has 1 aliphatic carbocycles. The summed E-state index contributed by atoms with van der Waals surface area (Å²) in [5.41, 5.74) is 0.979. The summed E-state index contributed by atoms with van der Waals surface area (Å²) in [7, 11) is 0.